The van der Waals surface area contributed by atoms with E-state index in [2.05, 4.69) is 10.4 Å². The highest BCUT2D eigenvalue weighted by Crippen LogP contribution is 2.57. The van der Waals surface area contributed by atoms with Crippen molar-refractivity contribution in [2.24, 2.45) is 0 Å². The van der Waals surface area contributed by atoms with Gasteiger partial charge in [-0.05, 0) is 30.3 Å². The van der Waals surface area contributed by atoms with Gasteiger partial charge in [0, 0.05) is 28.8 Å². The summed E-state index contributed by atoms with van der Waals surface area (Å²) in [5.41, 5.74) is 2.09. The summed E-state index contributed by atoms with van der Waals surface area (Å²) >= 11 is 0. The lowest BCUT2D eigenvalue weighted by Gasteiger charge is -2.36. The first-order chi connectivity index (χ1) is 14.4. The summed E-state index contributed by atoms with van der Waals surface area (Å²) in [5.74, 6) is -0.402. The molecule has 0 saturated heterocycles. The van der Waals surface area contributed by atoms with Gasteiger partial charge in [0.25, 0.3) is 0 Å². The van der Waals surface area contributed by atoms with Gasteiger partial charge in [-0.2, -0.15) is 4.94 Å². The number of phenols is 2. The molecule has 150 valence electrons. The van der Waals surface area contributed by atoms with Crippen molar-refractivity contribution in [1.82, 2.24) is 0 Å². The fourth-order valence-electron chi connectivity index (χ4n) is 3.92. The Morgan fingerprint density at radius 2 is 1.60 bits per heavy atom. The van der Waals surface area contributed by atoms with E-state index < -0.39 is 16.7 Å². The number of aromatic hydroxyl groups is 2. The third kappa shape index (κ3) is 2.33. The Morgan fingerprint density at radius 1 is 0.967 bits per heavy atom. The van der Waals surface area contributed by atoms with Crippen LogP contribution < -0.4 is 10.2 Å². The average Bonchev–Trinajstić information content (AvgIpc) is 2.99. The van der Waals surface area contributed by atoms with Gasteiger partial charge in [0.1, 0.15) is 23.0 Å². The Balaban J connectivity index is 1.80. The van der Waals surface area contributed by atoms with Crippen LogP contribution in [0.2, 0.25) is 0 Å². The van der Waals surface area contributed by atoms with Crippen LogP contribution in [0.15, 0.2) is 54.6 Å². The van der Waals surface area contributed by atoms with Gasteiger partial charge in [-0.3, -0.25) is 0 Å². The van der Waals surface area contributed by atoms with Crippen molar-refractivity contribution in [2.75, 3.05) is 5.48 Å². The molecule has 1 spiro atoms. The molecule has 0 fully saturated rings. The molecule has 2 heterocycles. The van der Waals surface area contributed by atoms with E-state index >= 15 is 0 Å². The summed E-state index contributed by atoms with van der Waals surface area (Å²) in [5, 5.41) is 29.4. The maximum absolute atomic E-state index is 12.9. The van der Waals surface area contributed by atoms with E-state index in [0.717, 1.165) is 0 Å². The molecule has 3 aromatic rings. The second kappa shape index (κ2) is 6.01. The SMILES string of the molecule is O=C1OC2(c3ccc(O)cc3Oc3cc(O)ccc32)c2cccc(NO[N+](=O)[O-])c21. The van der Waals surface area contributed by atoms with Crippen LogP contribution in [0.4, 0.5) is 5.69 Å². The summed E-state index contributed by atoms with van der Waals surface area (Å²) in [6.45, 7) is 0. The van der Waals surface area contributed by atoms with E-state index in [1.807, 2.05) is 0 Å². The highest BCUT2D eigenvalue weighted by Gasteiger charge is 2.54. The first-order valence-electron chi connectivity index (χ1n) is 8.69. The number of phenolic OH excluding ortho intramolecular Hbond substituents is 2. The standard InChI is InChI=1S/C20H12N2O8/c23-10-4-6-12-16(8-10)28-17-9-11(24)5-7-13(17)20(12)14-2-1-3-15(21-30-22(26)27)18(14)19(25)29-20/h1-9,21,23-24H. The third-order valence-electron chi connectivity index (χ3n) is 5.03. The van der Waals surface area contributed by atoms with Crippen molar-refractivity contribution in [1.29, 1.82) is 0 Å². The number of carbonyl (C=O) groups excluding carboxylic acids is 1. The highest BCUT2D eigenvalue weighted by molar-refractivity contribution is 6.02. The van der Waals surface area contributed by atoms with Gasteiger partial charge >= 0.3 is 11.1 Å². The predicted octanol–water partition coefficient (Wildman–Crippen LogP) is 3.20. The van der Waals surface area contributed by atoms with Crippen molar-refractivity contribution in [2.45, 2.75) is 5.60 Å². The fourth-order valence-corrected chi connectivity index (χ4v) is 3.92. The normalized spacial score (nSPS) is 14.7. The zero-order valence-corrected chi connectivity index (χ0v) is 15.0. The molecule has 0 aromatic heterocycles. The molecule has 0 radical (unpaired) electrons. The minimum absolute atomic E-state index is 0.0539. The van der Waals surface area contributed by atoms with Crippen molar-refractivity contribution in [3.63, 3.8) is 0 Å². The maximum atomic E-state index is 12.9. The number of ether oxygens (including phenoxy) is 2. The quantitative estimate of drug-likeness (QED) is 0.338. The number of nitrogens with one attached hydrogen (secondary N) is 1. The van der Waals surface area contributed by atoms with Gasteiger partial charge in [-0.15, -0.1) is 10.1 Å². The minimum atomic E-state index is -1.46. The summed E-state index contributed by atoms with van der Waals surface area (Å²) in [6, 6.07) is 13.4. The number of hydrogen-bond acceptors (Lipinski definition) is 9. The number of fused-ring (bicyclic) bond motifs is 6. The molecule has 0 unspecified atom stereocenters. The first-order valence-corrected chi connectivity index (χ1v) is 8.69. The van der Waals surface area contributed by atoms with Gasteiger partial charge in [-0.25, -0.2) is 10.3 Å². The largest absolute Gasteiger partial charge is 0.508 e. The minimum Gasteiger partial charge on any atom is -0.508 e. The van der Waals surface area contributed by atoms with Gasteiger partial charge < -0.3 is 19.7 Å². The van der Waals surface area contributed by atoms with E-state index in [0.29, 0.717) is 16.7 Å². The van der Waals surface area contributed by atoms with E-state index in [9.17, 15) is 25.1 Å². The van der Waals surface area contributed by atoms with Gasteiger partial charge in [0.05, 0.1) is 11.3 Å². The van der Waals surface area contributed by atoms with Crippen LogP contribution in [0.3, 0.4) is 0 Å². The van der Waals surface area contributed by atoms with Crippen LogP contribution in [0.25, 0.3) is 0 Å². The Morgan fingerprint density at radius 3 is 2.20 bits per heavy atom. The molecular weight excluding hydrogens is 396 g/mol. The molecular formula is C20H12N2O8. The van der Waals surface area contributed by atoms with Crippen LogP contribution in [-0.4, -0.2) is 21.3 Å². The summed E-state index contributed by atoms with van der Waals surface area (Å²) in [7, 11) is 0. The zero-order valence-electron chi connectivity index (χ0n) is 15.0. The van der Waals surface area contributed by atoms with Crippen LogP contribution in [0.1, 0.15) is 27.0 Å². The molecule has 5 rings (SSSR count). The molecule has 10 nitrogen and oxygen atoms in total. The Bertz CT molecular complexity index is 1190. The molecule has 0 amide bonds. The second-order valence-corrected chi connectivity index (χ2v) is 6.68. The number of esters is 1. The first kappa shape index (κ1) is 17.6. The van der Waals surface area contributed by atoms with Gasteiger partial charge in [0.15, 0.2) is 5.60 Å². The maximum Gasteiger partial charge on any atom is 0.342 e. The molecule has 0 saturated carbocycles. The number of anilines is 1. The van der Waals surface area contributed by atoms with E-state index in [-0.39, 0.29) is 34.2 Å². The number of nitrogens with zero attached hydrogens (tertiary/aromatic N) is 1. The third-order valence-corrected chi connectivity index (χ3v) is 5.03. The monoisotopic (exact) mass is 408 g/mol. The smallest absolute Gasteiger partial charge is 0.342 e. The molecule has 10 heteroatoms. The Labute approximate surface area is 167 Å². The van der Waals surface area contributed by atoms with Crippen molar-refractivity contribution in [3.8, 4) is 23.0 Å². The van der Waals surface area contributed by atoms with Gasteiger partial charge in [-0.1, -0.05) is 12.1 Å². The summed E-state index contributed by atoms with van der Waals surface area (Å²) in [6.07, 6.45) is 0. The zero-order chi connectivity index (χ0) is 21.0. The number of benzene rings is 3. The lowest BCUT2D eigenvalue weighted by molar-refractivity contribution is -0.748. The van der Waals surface area contributed by atoms with Crippen LogP contribution in [0.5, 0.6) is 23.0 Å². The van der Waals surface area contributed by atoms with Gasteiger partial charge in [0.2, 0.25) is 0 Å². The van der Waals surface area contributed by atoms with E-state index in [4.69, 9.17) is 9.47 Å². The van der Waals surface area contributed by atoms with Crippen molar-refractivity contribution in [3.05, 3.63) is 87.0 Å². The van der Waals surface area contributed by atoms with Crippen LogP contribution >= 0.6 is 0 Å². The van der Waals surface area contributed by atoms with Crippen LogP contribution in [0, 0.1) is 10.1 Å². The molecule has 0 atom stereocenters. The number of hydrogen-bond donors (Lipinski definition) is 3. The topological polar surface area (TPSA) is 140 Å². The summed E-state index contributed by atoms with van der Waals surface area (Å²) in [4.78, 5) is 27.7. The number of carbonyl (C=O) groups is 1. The van der Waals surface area contributed by atoms with E-state index in [1.165, 1.54) is 30.3 Å². The second-order valence-electron chi connectivity index (χ2n) is 6.68. The molecule has 3 aromatic carbocycles. The van der Waals surface area contributed by atoms with E-state index in [1.54, 1.807) is 24.3 Å². The van der Waals surface area contributed by atoms with Crippen LogP contribution in [-0.2, 0) is 15.3 Å². The molecule has 2 aliphatic heterocycles. The van der Waals surface area contributed by atoms with Crippen molar-refractivity contribution < 1.29 is 34.5 Å². The number of rotatable bonds is 3. The Kier molecular flexibility index (Phi) is 3.53. The lowest BCUT2D eigenvalue weighted by Crippen LogP contribution is -2.32. The average molecular weight is 408 g/mol. The summed E-state index contributed by atoms with van der Waals surface area (Å²) < 4.78 is 11.7. The highest BCUT2D eigenvalue weighted by atomic mass is 17.0. The van der Waals surface area contributed by atoms with Crippen molar-refractivity contribution >= 4 is 11.7 Å². The fraction of sp³-hybridized carbons (Fsp3) is 0.0500. The molecule has 0 aliphatic carbocycles. The molecule has 2 aliphatic rings. The Hall–Kier alpha value is -4.47. The molecule has 30 heavy (non-hydrogen) atoms. The lowest BCUT2D eigenvalue weighted by atomic mass is 9.77. The molecule has 0 bridgehead atoms. The molecule has 3 N–H and O–H groups in total. The predicted molar refractivity (Wildman–Crippen MR) is 99.7 cm³/mol.